The average molecular weight is 410 g/mol. The Morgan fingerprint density at radius 2 is 2.03 bits per heavy atom. The number of fused-ring (bicyclic) bond motifs is 2. The highest BCUT2D eigenvalue weighted by Gasteiger charge is 2.53. The number of esters is 1. The molecule has 0 bridgehead atoms. The van der Waals surface area contributed by atoms with E-state index in [9.17, 15) is 9.18 Å². The van der Waals surface area contributed by atoms with Crippen LogP contribution in [0.15, 0.2) is 41.5 Å². The van der Waals surface area contributed by atoms with Crippen molar-refractivity contribution in [2.75, 3.05) is 19.6 Å². The van der Waals surface area contributed by atoms with Crippen LogP contribution in [0.3, 0.4) is 0 Å². The predicted octanol–water partition coefficient (Wildman–Crippen LogP) is 5.37. The van der Waals surface area contributed by atoms with Crippen molar-refractivity contribution in [3.63, 3.8) is 0 Å². The Hall–Kier alpha value is -1.94. The zero-order valence-electron chi connectivity index (χ0n) is 18.1. The molecule has 0 spiro atoms. The maximum atomic E-state index is 13.2. The third kappa shape index (κ3) is 3.53. The van der Waals surface area contributed by atoms with Gasteiger partial charge in [0.1, 0.15) is 11.9 Å². The highest BCUT2D eigenvalue weighted by atomic mass is 19.1. The molecule has 2 aliphatic heterocycles. The smallest absolute Gasteiger partial charge is 0.310 e. The first-order valence-corrected chi connectivity index (χ1v) is 11.5. The van der Waals surface area contributed by atoms with Crippen LogP contribution in [-0.4, -0.2) is 36.6 Å². The van der Waals surface area contributed by atoms with Gasteiger partial charge in [0.2, 0.25) is 0 Å². The number of nitrogens with zero attached hydrogens (tertiary/aromatic N) is 1. The summed E-state index contributed by atoms with van der Waals surface area (Å²) in [7, 11) is 0. The van der Waals surface area contributed by atoms with Crippen LogP contribution in [0.5, 0.6) is 0 Å². The maximum Gasteiger partial charge on any atom is 0.310 e. The van der Waals surface area contributed by atoms with Gasteiger partial charge in [0.25, 0.3) is 0 Å². The minimum atomic E-state index is -0.196. The highest BCUT2D eigenvalue weighted by molar-refractivity contribution is 5.76. The van der Waals surface area contributed by atoms with Crippen LogP contribution < -0.4 is 0 Å². The Bertz CT molecular complexity index is 902. The second kappa shape index (κ2) is 7.64. The Morgan fingerprint density at radius 1 is 1.23 bits per heavy atom. The number of carbonyl (C=O) groups is 1. The summed E-state index contributed by atoms with van der Waals surface area (Å²) in [5.41, 5.74) is 5.79. The lowest BCUT2D eigenvalue weighted by atomic mass is 9.59. The van der Waals surface area contributed by atoms with Gasteiger partial charge in [-0.1, -0.05) is 36.3 Å². The molecule has 2 heterocycles. The topological polar surface area (TPSA) is 29.5 Å². The van der Waals surface area contributed by atoms with Crippen LogP contribution in [-0.2, 0) is 9.53 Å². The van der Waals surface area contributed by atoms with Crippen molar-refractivity contribution in [1.29, 1.82) is 0 Å². The van der Waals surface area contributed by atoms with Crippen molar-refractivity contribution in [2.24, 2.45) is 17.3 Å². The third-order valence-electron chi connectivity index (χ3n) is 8.14. The fraction of sp³-hybridized carbons (Fsp3) is 0.577. The standard InChI is InChI=1S/C26H32FNO2/c1-17-4-3-11-26(2)15-24-21(14-23(17)26)22(25(29)30-24)16-28-12-9-19(10-13-28)18-5-7-20(27)8-6-18/h5-9,21-22,24H,3-4,10-16H2,1-2H3/t21-,22+,24+,26+/m0/s1. The van der Waals surface area contributed by atoms with E-state index < -0.39 is 0 Å². The molecule has 4 aliphatic rings. The first kappa shape index (κ1) is 20.0. The maximum absolute atomic E-state index is 13.2. The molecule has 3 nitrogen and oxygen atoms in total. The molecule has 160 valence electrons. The number of allylic oxidation sites excluding steroid dienone is 2. The van der Waals surface area contributed by atoms with Gasteiger partial charge in [0, 0.05) is 25.6 Å². The Morgan fingerprint density at radius 3 is 2.77 bits per heavy atom. The van der Waals surface area contributed by atoms with Crippen LogP contribution in [0.25, 0.3) is 5.57 Å². The molecule has 4 heteroatoms. The molecule has 0 radical (unpaired) electrons. The number of benzene rings is 1. The van der Waals surface area contributed by atoms with Crippen LogP contribution in [0.1, 0.15) is 57.9 Å². The molecule has 1 saturated carbocycles. The molecule has 30 heavy (non-hydrogen) atoms. The van der Waals surface area contributed by atoms with Gasteiger partial charge >= 0.3 is 5.97 Å². The summed E-state index contributed by atoms with van der Waals surface area (Å²) in [5.74, 6) is 0.135. The number of hydrogen-bond acceptors (Lipinski definition) is 3. The van der Waals surface area contributed by atoms with E-state index in [1.54, 1.807) is 11.1 Å². The number of hydrogen-bond donors (Lipinski definition) is 0. The normalized spacial score (nSPS) is 34.3. The summed E-state index contributed by atoms with van der Waals surface area (Å²) in [6, 6.07) is 6.76. The molecule has 5 rings (SSSR count). The van der Waals surface area contributed by atoms with E-state index >= 15 is 0 Å². The van der Waals surface area contributed by atoms with E-state index in [-0.39, 0.29) is 29.2 Å². The van der Waals surface area contributed by atoms with Crippen molar-refractivity contribution in [1.82, 2.24) is 4.90 Å². The van der Waals surface area contributed by atoms with Gasteiger partial charge in [-0.2, -0.15) is 0 Å². The molecule has 4 atom stereocenters. The summed E-state index contributed by atoms with van der Waals surface area (Å²) in [4.78, 5) is 15.2. The lowest BCUT2D eigenvalue weighted by Crippen LogP contribution is -2.42. The zero-order chi connectivity index (χ0) is 20.9. The third-order valence-corrected chi connectivity index (χ3v) is 8.14. The molecule has 1 aromatic carbocycles. The number of ether oxygens (including phenoxy) is 1. The van der Waals surface area contributed by atoms with Gasteiger partial charge in [-0.25, -0.2) is 4.39 Å². The Balaban J connectivity index is 1.28. The zero-order valence-corrected chi connectivity index (χ0v) is 18.1. The average Bonchev–Trinajstić information content (AvgIpc) is 3.01. The van der Waals surface area contributed by atoms with E-state index in [2.05, 4.69) is 24.8 Å². The van der Waals surface area contributed by atoms with Crippen molar-refractivity contribution in [3.8, 4) is 0 Å². The molecular weight excluding hydrogens is 377 g/mol. The molecule has 0 aromatic heterocycles. The number of rotatable bonds is 3. The molecule has 0 unspecified atom stereocenters. The number of halogens is 1. The van der Waals surface area contributed by atoms with Gasteiger partial charge in [0.15, 0.2) is 0 Å². The van der Waals surface area contributed by atoms with E-state index in [4.69, 9.17) is 4.74 Å². The van der Waals surface area contributed by atoms with Crippen LogP contribution in [0.4, 0.5) is 4.39 Å². The quantitative estimate of drug-likeness (QED) is 0.496. The van der Waals surface area contributed by atoms with E-state index in [0.29, 0.717) is 5.92 Å². The second-order valence-electron chi connectivity index (χ2n) is 10.1. The largest absolute Gasteiger partial charge is 0.462 e. The van der Waals surface area contributed by atoms with Crippen LogP contribution in [0.2, 0.25) is 0 Å². The van der Waals surface area contributed by atoms with Gasteiger partial charge in [0.05, 0.1) is 5.92 Å². The first-order chi connectivity index (χ1) is 14.4. The Kier molecular flexibility index (Phi) is 5.09. The van der Waals surface area contributed by atoms with Crippen molar-refractivity contribution in [3.05, 3.63) is 52.9 Å². The minimum absolute atomic E-state index is 0.0115. The van der Waals surface area contributed by atoms with Gasteiger partial charge in [-0.3, -0.25) is 9.69 Å². The lowest BCUT2D eigenvalue weighted by Gasteiger charge is -2.46. The van der Waals surface area contributed by atoms with E-state index in [1.165, 1.54) is 37.0 Å². The summed E-state index contributed by atoms with van der Waals surface area (Å²) in [6.45, 7) is 7.24. The van der Waals surface area contributed by atoms with E-state index in [1.807, 2.05) is 12.1 Å². The predicted molar refractivity (Wildman–Crippen MR) is 116 cm³/mol. The van der Waals surface area contributed by atoms with Crippen molar-refractivity contribution in [2.45, 2.75) is 58.5 Å². The molecule has 0 N–H and O–H groups in total. The molecular formula is C26H32FNO2. The molecule has 1 aromatic rings. The molecule has 2 aliphatic carbocycles. The SMILES string of the molecule is CC1=C2C[C@@H]3[C@@H](C[C@@]2(C)CCC1)OC(=O)[C@@H]3CN1CC=C(c2ccc(F)cc2)CC1. The summed E-state index contributed by atoms with van der Waals surface area (Å²) in [5, 5.41) is 0. The Labute approximate surface area is 179 Å². The van der Waals surface area contributed by atoms with E-state index in [0.717, 1.165) is 44.5 Å². The molecule has 1 saturated heterocycles. The fourth-order valence-electron chi connectivity index (χ4n) is 6.40. The molecule has 2 fully saturated rings. The van der Waals surface area contributed by atoms with Crippen LogP contribution in [0, 0.1) is 23.1 Å². The van der Waals surface area contributed by atoms with Gasteiger partial charge in [-0.15, -0.1) is 0 Å². The van der Waals surface area contributed by atoms with Crippen molar-refractivity contribution >= 4 is 11.5 Å². The monoisotopic (exact) mass is 409 g/mol. The minimum Gasteiger partial charge on any atom is -0.462 e. The van der Waals surface area contributed by atoms with Crippen molar-refractivity contribution < 1.29 is 13.9 Å². The second-order valence-corrected chi connectivity index (χ2v) is 10.1. The summed E-state index contributed by atoms with van der Waals surface area (Å²) < 4.78 is 19.1. The summed E-state index contributed by atoms with van der Waals surface area (Å²) in [6.07, 6.45) is 9.01. The first-order valence-electron chi connectivity index (χ1n) is 11.5. The van der Waals surface area contributed by atoms with Gasteiger partial charge in [-0.05, 0) is 74.1 Å². The number of carbonyl (C=O) groups excluding carboxylic acids is 1. The van der Waals surface area contributed by atoms with Crippen LogP contribution >= 0.6 is 0 Å². The molecule has 0 amide bonds. The summed E-state index contributed by atoms with van der Waals surface area (Å²) >= 11 is 0. The fourth-order valence-corrected chi connectivity index (χ4v) is 6.40. The lowest BCUT2D eigenvalue weighted by molar-refractivity contribution is -0.145. The highest BCUT2D eigenvalue weighted by Crippen LogP contribution is 2.55. The van der Waals surface area contributed by atoms with Gasteiger partial charge < -0.3 is 4.74 Å².